The molecule has 0 spiro atoms. The Morgan fingerprint density at radius 1 is 1.19 bits per heavy atom. The largest absolute Gasteiger partial charge is 0.394 e. The van der Waals surface area contributed by atoms with E-state index in [-0.39, 0.29) is 24.5 Å². The van der Waals surface area contributed by atoms with Gasteiger partial charge >= 0.3 is 0 Å². The first-order chi connectivity index (χ1) is 12.6. The predicted molar refractivity (Wildman–Crippen MR) is 105 cm³/mol. The third kappa shape index (κ3) is 4.42. The number of para-hydroxylation sites is 1. The Kier molecular flexibility index (Phi) is 6.25. The van der Waals surface area contributed by atoms with Gasteiger partial charge in [0.2, 0.25) is 5.91 Å². The summed E-state index contributed by atoms with van der Waals surface area (Å²) < 4.78 is 0. The molecule has 1 heterocycles. The summed E-state index contributed by atoms with van der Waals surface area (Å²) in [6.07, 6.45) is 6.91. The molecule has 0 aliphatic heterocycles. The van der Waals surface area contributed by atoms with E-state index in [1.165, 1.54) is 10.9 Å². The van der Waals surface area contributed by atoms with Crippen LogP contribution in [0.2, 0.25) is 0 Å². The maximum Gasteiger partial charge on any atom is 0.220 e. The molecule has 1 aliphatic carbocycles. The summed E-state index contributed by atoms with van der Waals surface area (Å²) in [6.45, 7) is 4.04. The highest BCUT2D eigenvalue weighted by Gasteiger charge is 2.26. The predicted octanol–water partition coefficient (Wildman–Crippen LogP) is 4.03. The van der Waals surface area contributed by atoms with Gasteiger partial charge < -0.3 is 10.4 Å². The Balaban J connectivity index is 1.56. The van der Waals surface area contributed by atoms with Crippen molar-refractivity contribution in [3.05, 3.63) is 42.1 Å². The number of hydrogen-bond donors (Lipinski definition) is 2. The Morgan fingerprint density at radius 2 is 1.92 bits per heavy atom. The molecule has 1 atom stereocenters. The van der Waals surface area contributed by atoms with E-state index in [0.717, 1.165) is 31.2 Å². The van der Waals surface area contributed by atoms with Gasteiger partial charge in [-0.25, -0.2) is 0 Å². The number of aliphatic hydroxyl groups is 1. The van der Waals surface area contributed by atoms with Crippen LogP contribution in [0.1, 0.15) is 57.4 Å². The van der Waals surface area contributed by atoms with Crippen LogP contribution in [0.25, 0.3) is 10.9 Å². The number of hydrogen-bond acceptors (Lipinski definition) is 3. The van der Waals surface area contributed by atoms with Crippen molar-refractivity contribution < 1.29 is 9.90 Å². The molecule has 1 aromatic heterocycles. The summed E-state index contributed by atoms with van der Waals surface area (Å²) in [5.74, 6) is 1.34. The molecule has 0 radical (unpaired) electrons. The number of amides is 1. The number of pyridine rings is 1. The van der Waals surface area contributed by atoms with Gasteiger partial charge in [-0.05, 0) is 61.1 Å². The molecule has 2 N–H and O–H groups in total. The molecular weight excluding hydrogens is 324 g/mol. The van der Waals surface area contributed by atoms with Crippen molar-refractivity contribution in [1.29, 1.82) is 0 Å². The van der Waals surface area contributed by atoms with E-state index in [0.29, 0.717) is 18.3 Å². The summed E-state index contributed by atoms with van der Waals surface area (Å²) in [7, 11) is 0. The first kappa shape index (κ1) is 18.8. The topological polar surface area (TPSA) is 62.2 Å². The van der Waals surface area contributed by atoms with Gasteiger partial charge in [0.25, 0.3) is 0 Å². The molecule has 1 amide bonds. The molecule has 3 rings (SSSR count). The number of rotatable bonds is 6. The van der Waals surface area contributed by atoms with Gasteiger partial charge in [-0.1, -0.05) is 32.0 Å². The first-order valence-electron chi connectivity index (χ1n) is 9.82. The van der Waals surface area contributed by atoms with E-state index >= 15 is 0 Å². The van der Waals surface area contributed by atoms with Gasteiger partial charge in [-0.2, -0.15) is 0 Å². The van der Waals surface area contributed by atoms with Gasteiger partial charge in [-0.15, -0.1) is 0 Å². The van der Waals surface area contributed by atoms with Crippen molar-refractivity contribution in [3.63, 3.8) is 0 Å². The van der Waals surface area contributed by atoms with Crippen molar-refractivity contribution in [1.82, 2.24) is 10.3 Å². The van der Waals surface area contributed by atoms with Crippen LogP contribution in [0.15, 0.2) is 36.5 Å². The van der Waals surface area contributed by atoms with Crippen molar-refractivity contribution in [3.8, 4) is 0 Å². The van der Waals surface area contributed by atoms with Crippen LogP contribution < -0.4 is 5.32 Å². The third-order valence-electron chi connectivity index (χ3n) is 5.79. The molecule has 1 saturated carbocycles. The fourth-order valence-electron chi connectivity index (χ4n) is 4.10. The molecule has 1 aromatic carbocycles. The van der Waals surface area contributed by atoms with Crippen LogP contribution in [0.3, 0.4) is 0 Å². The monoisotopic (exact) mass is 354 g/mol. The molecule has 4 nitrogen and oxygen atoms in total. The normalized spacial score (nSPS) is 21.7. The lowest BCUT2D eigenvalue weighted by Crippen LogP contribution is -2.41. The number of carbonyl (C=O) groups is 1. The number of aromatic nitrogens is 1. The van der Waals surface area contributed by atoms with Gasteiger partial charge in [0.15, 0.2) is 0 Å². The minimum Gasteiger partial charge on any atom is -0.394 e. The van der Waals surface area contributed by atoms with E-state index in [4.69, 9.17) is 0 Å². The van der Waals surface area contributed by atoms with E-state index in [2.05, 4.69) is 34.6 Å². The lowest BCUT2D eigenvalue weighted by molar-refractivity contribution is -0.123. The highest BCUT2D eigenvalue weighted by Crippen LogP contribution is 2.39. The average molecular weight is 354 g/mol. The molecule has 2 aromatic rings. The maximum absolute atomic E-state index is 12.3. The molecule has 0 bridgehead atoms. The zero-order chi connectivity index (χ0) is 18.5. The fourth-order valence-corrected chi connectivity index (χ4v) is 4.10. The lowest BCUT2D eigenvalue weighted by atomic mass is 9.77. The highest BCUT2D eigenvalue weighted by molar-refractivity contribution is 5.82. The maximum atomic E-state index is 12.3. The molecule has 4 heteroatoms. The molecule has 26 heavy (non-hydrogen) atoms. The first-order valence-corrected chi connectivity index (χ1v) is 9.82. The van der Waals surface area contributed by atoms with Crippen LogP contribution in [-0.4, -0.2) is 28.6 Å². The summed E-state index contributed by atoms with van der Waals surface area (Å²) in [6, 6.07) is 10.4. The second-order valence-electron chi connectivity index (χ2n) is 7.94. The zero-order valence-electron chi connectivity index (χ0n) is 15.8. The molecule has 140 valence electrons. The second kappa shape index (κ2) is 8.63. The van der Waals surface area contributed by atoms with Crippen LogP contribution >= 0.6 is 0 Å². The minimum absolute atomic E-state index is 0.00522. The van der Waals surface area contributed by atoms with E-state index in [1.54, 1.807) is 0 Å². The quantitative estimate of drug-likeness (QED) is 0.823. The average Bonchev–Trinajstić information content (AvgIpc) is 2.66. The Hall–Kier alpha value is -1.94. The van der Waals surface area contributed by atoms with Crippen molar-refractivity contribution in [2.75, 3.05) is 6.61 Å². The van der Waals surface area contributed by atoms with Crippen LogP contribution in [0.4, 0.5) is 0 Å². The van der Waals surface area contributed by atoms with Gasteiger partial charge in [-0.3, -0.25) is 9.78 Å². The Labute approximate surface area is 156 Å². The fraction of sp³-hybridized carbons (Fsp3) is 0.545. The molecule has 0 saturated heterocycles. The van der Waals surface area contributed by atoms with Crippen molar-refractivity contribution in [2.45, 2.75) is 57.9 Å². The molecule has 1 unspecified atom stereocenters. The highest BCUT2D eigenvalue weighted by atomic mass is 16.3. The third-order valence-corrected chi connectivity index (χ3v) is 5.79. The van der Waals surface area contributed by atoms with Crippen LogP contribution in [0, 0.1) is 11.8 Å². The van der Waals surface area contributed by atoms with E-state index < -0.39 is 0 Å². The standard InChI is InChI=1S/C22H30N2O2/c1-15(2)21(14-25)24-22(26)13-16-7-9-17(10-8-16)18-11-12-23-20-6-4-3-5-19(18)20/h3-6,11-12,15-17,21,25H,7-10,13-14H2,1-2H3,(H,24,26)/t16-,17-,21?. The van der Waals surface area contributed by atoms with Gasteiger partial charge in [0.05, 0.1) is 18.2 Å². The van der Waals surface area contributed by atoms with Gasteiger partial charge in [0.1, 0.15) is 0 Å². The molecule has 1 aliphatic rings. The van der Waals surface area contributed by atoms with Crippen molar-refractivity contribution >= 4 is 16.8 Å². The summed E-state index contributed by atoms with van der Waals surface area (Å²) in [5.41, 5.74) is 2.47. The minimum atomic E-state index is -0.137. The number of benzene rings is 1. The zero-order valence-corrected chi connectivity index (χ0v) is 15.8. The number of aliphatic hydroxyl groups excluding tert-OH is 1. The number of fused-ring (bicyclic) bond motifs is 1. The van der Waals surface area contributed by atoms with E-state index in [9.17, 15) is 9.90 Å². The van der Waals surface area contributed by atoms with E-state index in [1.807, 2.05) is 26.1 Å². The Morgan fingerprint density at radius 3 is 2.62 bits per heavy atom. The SMILES string of the molecule is CC(C)C(CO)NC(=O)C[C@H]1CC[C@H](c2ccnc3ccccc32)CC1. The second-order valence-corrected chi connectivity index (χ2v) is 7.94. The van der Waals surface area contributed by atoms with Crippen LogP contribution in [0.5, 0.6) is 0 Å². The summed E-state index contributed by atoms with van der Waals surface area (Å²) in [4.78, 5) is 16.7. The molecule has 1 fully saturated rings. The van der Waals surface area contributed by atoms with Crippen LogP contribution in [-0.2, 0) is 4.79 Å². The smallest absolute Gasteiger partial charge is 0.220 e. The van der Waals surface area contributed by atoms with Crippen molar-refractivity contribution in [2.24, 2.45) is 11.8 Å². The lowest BCUT2D eigenvalue weighted by Gasteiger charge is -2.29. The Bertz CT molecular complexity index is 731. The number of nitrogens with zero attached hydrogens (tertiary/aromatic N) is 1. The number of nitrogens with one attached hydrogen (secondary N) is 1. The summed E-state index contributed by atoms with van der Waals surface area (Å²) in [5, 5.41) is 13.6. The number of carbonyl (C=O) groups excluding carboxylic acids is 1. The molecular formula is C22H30N2O2. The van der Waals surface area contributed by atoms with Gasteiger partial charge in [0, 0.05) is 18.0 Å². The summed E-state index contributed by atoms with van der Waals surface area (Å²) >= 11 is 0.